The fourth-order valence-electron chi connectivity index (χ4n) is 3.64. The Bertz CT molecular complexity index is 970. The van der Waals surface area contributed by atoms with Gasteiger partial charge in [-0.2, -0.15) is 0 Å². The monoisotopic (exact) mass is 426 g/mol. The van der Waals surface area contributed by atoms with Gasteiger partial charge in [0.25, 0.3) is 0 Å². The van der Waals surface area contributed by atoms with Gasteiger partial charge in [-0.05, 0) is 30.7 Å². The van der Waals surface area contributed by atoms with E-state index in [1.807, 2.05) is 60.4 Å². The van der Waals surface area contributed by atoms with Gasteiger partial charge >= 0.3 is 0 Å². The summed E-state index contributed by atoms with van der Waals surface area (Å²) in [5.74, 6) is 0.915. The number of hydrogen-bond donors (Lipinski definition) is 1. The van der Waals surface area contributed by atoms with Gasteiger partial charge in [0.05, 0.1) is 49.5 Å². The molecule has 0 spiro atoms. The number of anilines is 1. The Morgan fingerprint density at radius 2 is 2.00 bits per heavy atom. The van der Waals surface area contributed by atoms with Crippen molar-refractivity contribution < 1.29 is 19.2 Å². The van der Waals surface area contributed by atoms with Gasteiger partial charge in [0.15, 0.2) is 5.13 Å². The number of aromatic nitrogens is 1. The zero-order chi connectivity index (χ0) is 20.8. The number of rotatable bonds is 8. The Labute approximate surface area is 181 Å². The number of carbonyl (C=O) groups excluding carboxylic acids is 1. The van der Waals surface area contributed by atoms with Crippen LogP contribution < -0.4 is 14.5 Å². The van der Waals surface area contributed by atoms with E-state index in [4.69, 9.17) is 14.5 Å². The second kappa shape index (κ2) is 10.0. The topological polar surface area (TPSA) is 56.1 Å². The van der Waals surface area contributed by atoms with Crippen LogP contribution in [0.1, 0.15) is 12.5 Å². The summed E-state index contributed by atoms with van der Waals surface area (Å²) in [5.41, 5.74) is 1.92. The molecule has 2 aromatic carbocycles. The quantitative estimate of drug-likeness (QED) is 0.600. The van der Waals surface area contributed by atoms with Crippen LogP contribution in [0.4, 0.5) is 5.13 Å². The average molecular weight is 427 g/mol. The molecule has 0 saturated carbocycles. The van der Waals surface area contributed by atoms with E-state index in [-0.39, 0.29) is 5.91 Å². The number of nitrogens with zero attached hydrogens (tertiary/aromatic N) is 2. The summed E-state index contributed by atoms with van der Waals surface area (Å²) >= 11 is 1.55. The van der Waals surface area contributed by atoms with E-state index >= 15 is 0 Å². The first-order valence-electron chi connectivity index (χ1n) is 10.5. The molecule has 3 aromatic rings. The highest BCUT2D eigenvalue weighted by molar-refractivity contribution is 7.22. The highest BCUT2D eigenvalue weighted by Crippen LogP contribution is 2.31. The molecule has 2 heterocycles. The van der Waals surface area contributed by atoms with Crippen molar-refractivity contribution in [2.24, 2.45) is 0 Å². The lowest BCUT2D eigenvalue weighted by atomic mass is 10.1. The van der Waals surface area contributed by atoms with E-state index in [1.54, 1.807) is 11.3 Å². The molecule has 30 heavy (non-hydrogen) atoms. The molecule has 6 nitrogen and oxygen atoms in total. The number of fused-ring (bicyclic) bond motifs is 1. The van der Waals surface area contributed by atoms with Crippen LogP contribution in [-0.4, -0.2) is 56.9 Å². The summed E-state index contributed by atoms with van der Waals surface area (Å²) in [6, 6.07) is 15.8. The third-order valence-corrected chi connectivity index (χ3v) is 6.32. The molecule has 0 bridgehead atoms. The van der Waals surface area contributed by atoms with Crippen molar-refractivity contribution in [3.63, 3.8) is 0 Å². The Kier molecular flexibility index (Phi) is 6.94. The SMILES string of the molecule is CCOc1ccc2nc(N(CC[NH+]3CCOCC3)C(=O)Cc3ccccc3)sc2c1. The fraction of sp³-hybridized carbons (Fsp3) is 0.391. The van der Waals surface area contributed by atoms with Crippen molar-refractivity contribution in [3.8, 4) is 5.75 Å². The van der Waals surface area contributed by atoms with Gasteiger partial charge in [0.1, 0.15) is 18.8 Å². The molecular weight excluding hydrogens is 398 g/mol. The number of thiazole rings is 1. The van der Waals surface area contributed by atoms with Crippen LogP contribution >= 0.6 is 11.3 Å². The molecule has 0 atom stereocenters. The second-order valence-corrected chi connectivity index (χ2v) is 8.39. The van der Waals surface area contributed by atoms with Gasteiger partial charge in [0.2, 0.25) is 5.91 Å². The van der Waals surface area contributed by atoms with Crippen molar-refractivity contribution >= 4 is 32.6 Å². The zero-order valence-corrected chi connectivity index (χ0v) is 18.1. The van der Waals surface area contributed by atoms with Crippen molar-refractivity contribution in [2.75, 3.05) is 50.9 Å². The number of amides is 1. The number of ether oxygens (including phenoxy) is 2. The largest absolute Gasteiger partial charge is 0.494 e. The molecule has 0 radical (unpaired) electrons. The Balaban J connectivity index is 1.56. The van der Waals surface area contributed by atoms with E-state index in [1.165, 1.54) is 4.90 Å². The maximum Gasteiger partial charge on any atom is 0.233 e. The molecular formula is C23H28N3O3S+. The second-order valence-electron chi connectivity index (χ2n) is 7.38. The van der Waals surface area contributed by atoms with Gasteiger partial charge in [-0.1, -0.05) is 41.7 Å². The highest BCUT2D eigenvalue weighted by atomic mass is 32.1. The van der Waals surface area contributed by atoms with Crippen LogP contribution in [0.15, 0.2) is 48.5 Å². The lowest BCUT2D eigenvalue weighted by Crippen LogP contribution is -3.14. The van der Waals surface area contributed by atoms with Crippen molar-refractivity contribution in [1.82, 2.24) is 4.98 Å². The summed E-state index contributed by atoms with van der Waals surface area (Å²) in [6.45, 7) is 7.68. The molecule has 158 valence electrons. The summed E-state index contributed by atoms with van der Waals surface area (Å²) < 4.78 is 12.1. The molecule has 1 aliphatic heterocycles. The van der Waals surface area contributed by atoms with Gasteiger partial charge < -0.3 is 14.4 Å². The molecule has 1 amide bonds. The minimum atomic E-state index is 0.0814. The number of morpholine rings is 1. The fourth-order valence-corrected chi connectivity index (χ4v) is 4.67. The minimum absolute atomic E-state index is 0.0814. The Hall–Kier alpha value is -2.48. The van der Waals surface area contributed by atoms with Crippen LogP contribution in [0.2, 0.25) is 0 Å². The summed E-state index contributed by atoms with van der Waals surface area (Å²) in [7, 11) is 0. The van der Waals surface area contributed by atoms with Crippen LogP contribution in [-0.2, 0) is 16.0 Å². The molecule has 1 aliphatic rings. The first-order valence-corrected chi connectivity index (χ1v) is 11.3. The number of quaternary nitrogens is 1. The van der Waals surface area contributed by atoms with Crippen molar-refractivity contribution in [3.05, 3.63) is 54.1 Å². The molecule has 0 aliphatic carbocycles. The first kappa shape index (κ1) is 20.8. The predicted octanol–water partition coefficient (Wildman–Crippen LogP) is 2.19. The third kappa shape index (κ3) is 5.16. The summed E-state index contributed by atoms with van der Waals surface area (Å²) in [4.78, 5) is 21.4. The van der Waals surface area contributed by atoms with Crippen molar-refractivity contribution in [2.45, 2.75) is 13.3 Å². The molecule has 1 aromatic heterocycles. The maximum absolute atomic E-state index is 13.3. The predicted molar refractivity (Wildman–Crippen MR) is 120 cm³/mol. The average Bonchev–Trinajstić information content (AvgIpc) is 3.18. The summed E-state index contributed by atoms with van der Waals surface area (Å²) in [6.07, 6.45) is 0.374. The lowest BCUT2D eigenvalue weighted by molar-refractivity contribution is -0.906. The van der Waals surface area contributed by atoms with E-state index in [9.17, 15) is 4.79 Å². The smallest absolute Gasteiger partial charge is 0.233 e. The van der Waals surface area contributed by atoms with Gasteiger partial charge in [0, 0.05) is 0 Å². The van der Waals surface area contributed by atoms with Crippen LogP contribution in [0, 0.1) is 0 Å². The van der Waals surface area contributed by atoms with E-state index in [0.717, 1.165) is 59.5 Å². The van der Waals surface area contributed by atoms with Crippen molar-refractivity contribution in [1.29, 1.82) is 0 Å². The molecule has 7 heteroatoms. The van der Waals surface area contributed by atoms with Gasteiger partial charge in [-0.3, -0.25) is 9.69 Å². The molecule has 4 rings (SSSR count). The maximum atomic E-state index is 13.3. The normalized spacial score (nSPS) is 14.7. The molecule has 1 saturated heterocycles. The van der Waals surface area contributed by atoms with Gasteiger partial charge in [-0.15, -0.1) is 0 Å². The van der Waals surface area contributed by atoms with E-state index < -0.39 is 0 Å². The molecule has 1 fully saturated rings. The Morgan fingerprint density at radius 3 is 2.77 bits per heavy atom. The molecule has 1 N–H and O–H groups in total. The molecule has 0 unspecified atom stereocenters. The van der Waals surface area contributed by atoms with E-state index in [2.05, 4.69) is 0 Å². The van der Waals surface area contributed by atoms with Gasteiger partial charge in [-0.25, -0.2) is 4.98 Å². The number of carbonyl (C=O) groups is 1. The highest BCUT2D eigenvalue weighted by Gasteiger charge is 2.23. The van der Waals surface area contributed by atoms with Crippen LogP contribution in [0.3, 0.4) is 0 Å². The Morgan fingerprint density at radius 1 is 1.20 bits per heavy atom. The lowest BCUT2D eigenvalue weighted by Gasteiger charge is -2.27. The number of hydrogen-bond acceptors (Lipinski definition) is 5. The number of benzene rings is 2. The zero-order valence-electron chi connectivity index (χ0n) is 17.3. The van der Waals surface area contributed by atoms with Crippen LogP contribution in [0.25, 0.3) is 10.2 Å². The third-order valence-electron chi connectivity index (χ3n) is 5.28. The number of nitrogens with one attached hydrogen (secondary N) is 1. The standard InChI is InChI=1S/C23H27N3O3S/c1-2-29-19-8-9-20-21(17-19)30-23(24-20)26(11-10-25-12-14-28-15-13-25)22(27)16-18-6-4-3-5-7-18/h3-9,17H,2,10-16H2,1H3/p+1. The summed E-state index contributed by atoms with van der Waals surface area (Å²) in [5, 5.41) is 0.757. The minimum Gasteiger partial charge on any atom is -0.494 e. The van der Waals surface area contributed by atoms with Crippen LogP contribution in [0.5, 0.6) is 5.75 Å². The first-order chi connectivity index (χ1) is 14.7. The van der Waals surface area contributed by atoms with E-state index in [0.29, 0.717) is 19.6 Å².